The smallest absolute Gasteiger partial charge is 0.259 e. The lowest BCUT2D eigenvalue weighted by Gasteiger charge is -1.88. The summed E-state index contributed by atoms with van der Waals surface area (Å²) in [6, 6.07) is 2.05. The molecule has 74 valence electrons. The molecule has 0 radical (unpaired) electrons. The van der Waals surface area contributed by atoms with Crippen LogP contribution in [0.3, 0.4) is 0 Å². The van der Waals surface area contributed by atoms with Gasteiger partial charge in [-0.3, -0.25) is 0 Å². The highest BCUT2D eigenvalue weighted by atomic mass is 32.1. The van der Waals surface area contributed by atoms with Crippen molar-refractivity contribution < 1.29 is 4.52 Å². The molecule has 2 aromatic heterocycles. The number of aromatic nitrogens is 2. The molecule has 2 aromatic rings. The standard InChI is InChI=1S/C9H11N3OS/c1-5-3-7(6(2)14-5)9-11-8(4-10)12-13-9/h3H,4,10H2,1-2H3. The molecule has 0 aromatic carbocycles. The maximum atomic E-state index is 5.40. The summed E-state index contributed by atoms with van der Waals surface area (Å²) in [6.07, 6.45) is 0. The van der Waals surface area contributed by atoms with Crippen molar-refractivity contribution in [3.63, 3.8) is 0 Å². The highest BCUT2D eigenvalue weighted by Gasteiger charge is 2.12. The summed E-state index contributed by atoms with van der Waals surface area (Å²) in [5, 5.41) is 3.75. The Bertz CT molecular complexity index is 447. The van der Waals surface area contributed by atoms with Gasteiger partial charge in [0.25, 0.3) is 5.89 Å². The maximum absolute atomic E-state index is 5.40. The molecule has 5 heteroatoms. The second kappa shape index (κ2) is 3.51. The third-order valence-electron chi connectivity index (χ3n) is 1.92. The van der Waals surface area contributed by atoms with Crippen molar-refractivity contribution in [3.05, 3.63) is 21.6 Å². The molecule has 14 heavy (non-hydrogen) atoms. The zero-order chi connectivity index (χ0) is 10.1. The second-order valence-electron chi connectivity index (χ2n) is 3.05. The zero-order valence-electron chi connectivity index (χ0n) is 8.07. The number of nitrogens with zero attached hydrogens (tertiary/aromatic N) is 2. The van der Waals surface area contributed by atoms with Crippen LogP contribution >= 0.6 is 11.3 Å². The largest absolute Gasteiger partial charge is 0.334 e. The molecule has 2 N–H and O–H groups in total. The van der Waals surface area contributed by atoms with E-state index in [4.69, 9.17) is 10.3 Å². The summed E-state index contributed by atoms with van der Waals surface area (Å²) in [5.74, 6) is 1.11. The van der Waals surface area contributed by atoms with Gasteiger partial charge in [0, 0.05) is 9.75 Å². The molecule has 0 aliphatic carbocycles. The van der Waals surface area contributed by atoms with Gasteiger partial charge in [-0.25, -0.2) is 0 Å². The monoisotopic (exact) mass is 209 g/mol. The fraction of sp³-hybridized carbons (Fsp3) is 0.333. The minimum Gasteiger partial charge on any atom is -0.334 e. The minimum absolute atomic E-state index is 0.311. The number of hydrogen-bond donors (Lipinski definition) is 1. The van der Waals surface area contributed by atoms with Crippen LogP contribution in [0.1, 0.15) is 15.6 Å². The number of rotatable bonds is 2. The Kier molecular flexibility index (Phi) is 2.35. The Morgan fingerprint density at radius 1 is 1.50 bits per heavy atom. The summed E-state index contributed by atoms with van der Waals surface area (Å²) in [5.41, 5.74) is 6.42. The molecule has 0 saturated carbocycles. The molecule has 0 amide bonds. The first kappa shape index (κ1) is 9.36. The van der Waals surface area contributed by atoms with E-state index in [-0.39, 0.29) is 0 Å². The lowest BCUT2D eigenvalue weighted by Crippen LogP contribution is -1.97. The quantitative estimate of drug-likeness (QED) is 0.820. The van der Waals surface area contributed by atoms with Crippen molar-refractivity contribution in [1.82, 2.24) is 10.1 Å². The van der Waals surface area contributed by atoms with Crippen molar-refractivity contribution in [2.45, 2.75) is 20.4 Å². The van der Waals surface area contributed by atoms with Gasteiger partial charge < -0.3 is 10.3 Å². The molecule has 2 rings (SSSR count). The van der Waals surface area contributed by atoms with Crippen molar-refractivity contribution in [2.75, 3.05) is 0 Å². The maximum Gasteiger partial charge on any atom is 0.259 e. The van der Waals surface area contributed by atoms with Crippen LogP contribution < -0.4 is 5.73 Å². The van der Waals surface area contributed by atoms with Crippen LogP contribution in [-0.4, -0.2) is 10.1 Å². The number of nitrogens with two attached hydrogens (primary N) is 1. The van der Waals surface area contributed by atoms with Crippen LogP contribution in [0, 0.1) is 13.8 Å². The van der Waals surface area contributed by atoms with Gasteiger partial charge in [0.1, 0.15) is 0 Å². The van der Waals surface area contributed by atoms with E-state index in [9.17, 15) is 0 Å². The molecular formula is C9H11N3OS. The van der Waals surface area contributed by atoms with Crippen molar-refractivity contribution in [3.8, 4) is 11.5 Å². The van der Waals surface area contributed by atoms with E-state index in [0.29, 0.717) is 18.3 Å². The van der Waals surface area contributed by atoms with Gasteiger partial charge in [-0.2, -0.15) is 4.98 Å². The number of thiophene rings is 1. The lowest BCUT2D eigenvalue weighted by atomic mass is 10.2. The highest BCUT2D eigenvalue weighted by molar-refractivity contribution is 7.12. The van der Waals surface area contributed by atoms with Gasteiger partial charge in [-0.05, 0) is 19.9 Å². The predicted molar refractivity (Wildman–Crippen MR) is 55.0 cm³/mol. The Morgan fingerprint density at radius 2 is 2.29 bits per heavy atom. The number of aryl methyl sites for hydroxylation is 2. The van der Waals surface area contributed by atoms with E-state index in [0.717, 1.165) is 5.56 Å². The molecular weight excluding hydrogens is 198 g/mol. The first-order chi connectivity index (χ1) is 6.70. The van der Waals surface area contributed by atoms with E-state index >= 15 is 0 Å². The van der Waals surface area contributed by atoms with E-state index < -0.39 is 0 Å². The Balaban J connectivity index is 2.43. The second-order valence-corrected chi connectivity index (χ2v) is 4.51. The minimum atomic E-state index is 0.311. The summed E-state index contributed by atoms with van der Waals surface area (Å²) in [7, 11) is 0. The highest BCUT2D eigenvalue weighted by Crippen LogP contribution is 2.29. The Labute approximate surface area is 85.7 Å². The van der Waals surface area contributed by atoms with Gasteiger partial charge in [-0.15, -0.1) is 11.3 Å². The van der Waals surface area contributed by atoms with Gasteiger partial charge in [0.15, 0.2) is 5.82 Å². The average Bonchev–Trinajstić information content (AvgIpc) is 2.71. The van der Waals surface area contributed by atoms with Crippen LogP contribution in [0.15, 0.2) is 10.6 Å². The molecule has 0 spiro atoms. The van der Waals surface area contributed by atoms with Gasteiger partial charge in [0.05, 0.1) is 12.1 Å². The summed E-state index contributed by atoms with van der Waals surface area (Å²) in [4.78, 5) is 6.61. The molecule has 0 aliphatic rings. The van der Waals surface area contributed by atoms with Crippen LogP contribution in [0.5, 0.6) is 0 Å². The van der Waals surface area contributed by atoms with Crippen molar-refractivity contribution in [2.24, 2.45) is 5.73 Å². The van der Waals surface area contributed by atoms with E-state index in [1.165, 1.54) is 9.75 Å². The number of hydrogen-bond acceptors (Lipinski definition) is 5. The van der Waals surface area contributed by atoms with Gasteiger partial charge in [-0.1, -0.05) is 5.16 Å². The van der Waals surface area contributed by atoms with Gasteiger partial charge in [0.2, 0.25) is 0 Å². The summed E-state index contributed by atoms with van der Waals surface area (Å²) >= 11 is 1.72. The predicted octanol–water partition coefficient (Wildman–Crippen LogP) is 1.87. The molecule has 0 unspecified atom stereocenters. The summed E-state index contributed by atoms with van der Waals surface area (Å²) < 4.78 is 5.10. The first-order valence-corrected chi connectivity index (χ1v) is 5.12. The third kappa shape index (κ3) is 1.56. The summed E-state index contributed by atoms with van der Waals surface area (Å²) in [6.45, 7) is 4.41. The normalized spacial score (nSPS) is 10.8. The Morgan fingerprint density at radius 3 is 2.79 bits per heavy atom. The Hall–Kier alpha value is -1.20. The van der Waals surface area contributed by atoms with Crippen molar-refractivity contribution >= 4 is 11.3 Å². The fourth-order valence-corrected chi connectivity index (χ4v) is 2.21. The molecule has 0 aliphatic heterocycles. The van der Waals surface area contributed by atoms with E-state index in [1.54, 1.807) is 11.3 Å². The van der Waals surface area contributed by atoms with Gasteiger partial charge >= 0.3 is 0 Å². The fourth-order valence-electron chi connectivity index (χ4n) is 1.29. The molecule has 0 bridgehead atoms. The average molecular weight is 209 g/mol. The van der Waals surface area contributed by atoms with E-state index in [2.05, 4.69) is 17.1 Å². The topological polar surface area (TPSA) is 64.9 Å². The van der Waals surface area contributed by atoms with Crippen LogP contribution in [0.4, 0.5) is 0 Å². The molecule has 0 fully saturated rings. The van der Waals surface area contributed by atoms with E-state index in [1.807, 2.05) is 13.0 Å². The SMILES string of the molecule is Cc1cc(-c2nc(CN)no2)c(C)s1. The van der Waals surface area contributed by atoms with Crippen LogP contribution in [0.2, 0.25) is 0 Å². The van der Waals surface area contributed by atoms with Crippen LogP contribution in [0.25, 0.3) is 11.5 Å². The molecule has 0 atom stereocenters. The van der Waals surface area contributed by atoms with Crippen molar-refractivity contribution in [1.29, 1.82) is 0 Å². The zero-order valence-corrected chi connectivity index (χ0v) is 8.89. The molecule has 4 nitrogen and oxygen atoms in total. The first-order valence-electron chi connectivity index (χ1n) is 4.30. The third-order valence-corrected chi connectivity index (χ3v) is 2.89. The molecule has 2 heterocycles. The molecule has 0 saturated heterocycles. The lowest BCUT2D eigenvalue weighted by molar-refractivity contribution is 0.423. The van der Waals surface area contributed by atoms with Crippen LogP contribution in [-0.2, 0) is 6.54 Å².